The van der Waals surface area contributed by atoms with Gasteiger partial charge in [0.25, 0.3) is 0 Å². The topological polar surface area (TPSA) is 175 Å². The lowest BCUT2D eigenvalue weighted by atomic mass is 10.0. The minimum atomic E-state index is -4.65. The zero-order valence-corrected chi connectivity index (χ0v) is 20.3. The van der Waals surface area contributed by atoms with Gasteiger partial charge in [-0.3, -0.25) is 19.4 Å². The third-order valence-electron chi connectivity index (χ3n) is 5.34. The lowest BCUT2D eigenvalue weighted by molar-refractivity contribution is -0.122. The highest BCUT2D eigenvalue weighted by molar-refractivity contribution is 7.46. The second-order valence-electron chi connectivity index (χ2n) is 7.99. The van der Waals surface area contributed by atoms with Gasteiger partial charge >= 0.3 is 13.4 Å². The first-order valence-electron chi connectivity index (χ1n) is 10.9. The molecule has 0 aliphatic rings. The van der Waals surface area contributed by atoms with Crippen molar-refractivity contribution in [3.63, 3.8) is 0 Å². The summed E-state index contributed by atoms with van der Waals surface area (Å²) < 4.78 is 47.9. The molecule has 11 nitrogen and oxygen atoms in total. The minimum Gasteiger partial charge on any atom is -0.503 e. The number of phosphoric acid groups is 1. The second kappa shape index (κ2) is 11.5. The maximum absolute atomic E-state index is 14.0. The average Bonchev–Trinajstić information content (AvgIpc) is 2.82. The summed E-state index contributed by atoms with van der Waals surface area (Å²) in [6.07, 6.45) is 0.0426. The van der Waals surface area contributed by atoms with E-state index in [0.717, 1.165) is 11.6 Å². The van der Waals surface area contributed by atoms with Crippen LogP contribution in [0.25, 0.3) is 11.0 Å². The molecule has 0 fully saturated rings. The Kier molecular flexibility index (Phi) is 8.64. The number of halogens is 2. The first-order chi connectivity index (χ1) is 17.4. The molecule has 14 heteroatoms. The Morgan fingerprint density at radius 3 is 2.32 bits per heavy atom. The molecule has 37 heavy (non-hydrogen) atoms. The Balaban J connectivity index is 1.46. The van der Waals surface area contributed by atoms with Crippen molar-refractivity contribution in [1.82, 2.24) is 10.6 Å². The predicted octanol–water partition coefficient (Wildman–Crippen LogP) is 1.96. The maximum Gasteiger partial charge on any atom is 0.524 e. The Morgan fingerprint density at radius 2 is 1.70 bits per heavy atom. The van der Waals surface area contributed by atoms with E-state index in [2.05, 4.69) is 15.2 Å². The number of fused-ring (bicyclic) bond motifs is 1. The third kappa shape index (κ3) is 7.35. The molecule has 0 saturated carbocycles. The molecule has 3 rings (SSSR count). The van der Waals surface area contributed by atoms with Crippen LogP contribution in [-0.4, -0.2) is 39.8 Å². The van der Waals surface area contributed by atoms with Gasteiger partial charge in [0.05, 0.1) is 12.0 Å². The number of phenolic OH excluding ortho intramolecular Hbond substituents is 1. The molecule has 0 radical (unpaired) electrons. The fourth-order valence-corrected chi connectivity index (χ4v) is 3.87. The molecular formula is C23H23F2N2O9P. The lowest BCUT2D eigenvalue weighted by Gasteiger charge is -2.10. The molecule has 0 unspecified atom stereocenters. The Bertz CT molecular complexity index is 1440. The Morgan fingerprint density at radius 1 is 1.08 bits per heavy atom. The third-order valence-corrected chi connectivity index (χ3v) is 5.79. The van der Waals surface area contributed by atoms with Crippen molar-refractivity contribution >= 4 is 30.6 Å². The number of benzene rings is 2. The fraction of sp³-hybridized carbons (Fsp3) is 0.261. The van der Waals surface area contributed by atoms with Crippen molar-refractivity contribution < 1.29 is 46.8 Å². The maximum atomic E-state index is 14.0. The van der Waals surface area contributed by atoms with Crippen LogP contribution in [0.5, 0.6) is 11.5 Å². The zero-order chi connectivity index (χ0) is 27.3. The SMILES string of the molecule is Cc1c(CC(=O)NCCNC(=O)CCc2ccc(OP(=O)(O)O)cc2)c(=O)oc2c(F)c(O)c(F)cc12. The summed E-state index contributed by atoms with van der Waals surface area (Å²) in [5.41, 5.74) is -0.844. The number of hydrogen-bond donors (Lipinski definition) is 5. The molecular weight excluding hydrogens is 517 g/mol. The quantitative estimate of drug-likeness (QED) is 0.146. The molecule has 1 heterocycles. The van der Waals surface area contributed by atoms with Crippen LogP contribution in [-0.2, 0) is 27.0 Å². The number of carbonyl (C=O) groups is 2. The molecule has 0 aliphatic carbocycles. The highest BCUT2D eigenvalue weighted by Gasteiger charge is 2.21. The highest BCUT2D eigenvalue weighted by atomic mass is 31.2. The number of phenols is 1. The highest BCUT2D eigenvalue weighted by Crippen LogP contribution is 2.37. The molecule has 2 aromatic carbocycles. The van der Waals surface area contributed by atoms with Crippen LogP contribution < -0.4 is 20.8 Å². The predicted molar refractivity (Wildman–Crippen MR) is 126 cm³/mol. The van der Waals surface area contributed by atoms with Gasteiger partial charge in [0.15, 0.2) is 17.1 Å². The molecule has 1 aromatic heterocycles. The van der Waals surface area contributed by atoms with E-state index in [-0.39, 0.29) is 47.7 Å². The van der Waals surface area contributed by atoms with Gasteiger partial charge in [-0.05, 0) is 42.7 Å². The van der Waals surface area contributed by atoms with Gasteiger partial charge in [-0.15, -0.1) is 0 Å². The molecule has 0 aliphatic heterocycles. The summed E-state index contributed by atoms with van der Waals surface area (Å²) in [4.78, 5) is 54.1. The van der Waals surface area contributed by atoms with Crippen molar-refractivity contribution in [3.05, 3.63) is 69.1 Å². The van der Waals surface area contributed by atoms with Gasteiger partial charge in [-0.2, -0.15) is 4.39 Å². The number of rotatable bonds is 10. The lowest BCUT2D eigenvalue weighted by Crippen LogP contribution is -2.36. The van der Waals surface area contributed by atoms with Crippen LogP contribution in [0.1, 0.15) is 23.1 Å². The van der Waals surface area contributed by atoms with E-state index >= 15 is 0 Å². The second-order valence-corrected chi connectivity index (χ2v) is 9.16. The number of aryl methyl sites for hydroxylation is 2. The zero-order valence-electron chi connectivity index (χ0n) is 19.4. The number of carbonyl (C=O) groups excluding carboxylic acids is 2. The standard InChI is InChI=1S/C23H23F2N2O9P/c1-12-15-10-17(24)21(30)20(25)22(15)35-23(31)16(12)11-19(29)27-9-8-26-18(28)7-4-13-2-5-14(6-3-13)36-37(32,33)34/h2-3,5-6,10,30H,4,7-9,11H2,1H3,(H,26,28)(H,27,29)(H2,32,33,34). The number of hydrogen-bond acceptors (Lipinski definition) is 7. The van der Waals surface area contributed by atoms with Gasteiger partial charge in [-0.25, -0.2) is 13.8 Å². The van der Waals surface area contributed by atoms with E-state index in [1.807, 2.05) is 0 Å². The summed E-state index contributed by atoms with van der Waals surface area (Å²) in [7, 11) is -4.65. The minimum absolute atomic E-state index is 0.00689. The van der Waals surface area contributed by atoms with E-state index in [1.165, 1.54) is 19.1 Å². The van der Waals surface area contributed by atoms with Crippen molar-refractivity contribution in [2.45, 2.75) is 26.2 Å². The first-order valence-corrected chi connectivity index (χ1v) is 12.4. The summed E-state index contributed by atoms with van der Waals surface area (Å²) in [6, 6.07) is 6.69. The molecule has 198 valence electrons. The van der Waals surface area contributed by atoms with Crippen molar-refractivity contribution in [2.24, 2.45) is 0 Å². The van der Waals surface area contributed by atoms with Crippen LogP contribution in [0.3, 0.4) is 0 Å². The van der Waals surface area contributed by atoms with E-state index in [1.54, 1.807) is 12.1 Å². The van der Waals surface area contributed by atoms with Gasteiger partial charge in [-0.1, -0.05) is 12.1 Å². The van der Waals surface area contributed by atoms with E-state index in [0.29, 0.717) is 6.42 Å². The summed E-state index contributed by atoms with van der Waals surface area (Å²) in [5, 5.41) is 14.4. The van der Waals surface area contributed by atoms with Gasteiger partial charge in [0.2, 0.25) is 17.6 Å². The Hall–Kier alpha value is -3.80. The molecule has 0 atom stereocenters. The van der Waals surface area contributed by atoms with Crippen LogP contribution >= 0.6 is 7.82 Å². The van der Waals surface area contributed by atoms with Crippen molar-refractivity contribution in [2.75, 3.05) is 13.1 Å². The fourth-order valence-electron chi connectivity index (χ4n) is 3.47. The molecule has 5 N–H and O–H groups in total. The van der Waals surface area contributed by atoms with Crippen molar-refractivity contribution in [1.29, 1.82) is 0 Å². The Labute approximate surface area is 208 Å². The first kappa shape index (κ1) is 27.8. The van der Waals surface area contributed by atoms with E-state index < -0.39 is 48.7 Å². The summed E-state index contributed by atoms with van der Waals surface area (Å²) >= 11 is 0. The molecule has 0 saturated heterocycles. The summed E-state index contributed by atoms with van der Waals surface area (Å²) in [5.74, 6) is -4.81. The smallest absolute Gasteiger partial charge is 0.503 e. The summed E-state index contributed by atoms with van der Waals surface area (Å²) in [6.45, 7) is 1.55. The van der Waals surface area contributed by atoms with Crippen LogP contribution in [0.2, 0.25) is 0 Å². The van der Waals surface area contributed by atoms with Crippen LogP contribution in [0.4, 0.5) is 8.78 Å². The monoisotopic (exact) mass is 540 g/mol. The van der Waals surface area contributed by atoms with Crippen LogP contribution in [0.15, 0.2) is 39.5 Å². The van der Waals surface area contributed by atoms with Crippen molar-refractivity contribution in [3.8, 4) is 11.5 Å². The molecule has 2 amide bonds. The number of aromatic hydroxyl groups is 1. The van der Waals surface area contributed by atoms with Gasteiger partial charge in [0.1, 0.15) is 5.75 Å². The van der Waals surface area contributed by atoms with Gasteiger partial charge in [0, 0.05) is 24.9 Å². The van der Waals surface area contributed by atoms with Crippen LogP contribution in [0, 0.1) is 18.6 Å². The van der Waals surface area contributed by atoms with E-state index in [4.69, 9.17) is 14.2 Å². The number of amides is 2. The number of phosphoric ester groups is 1. The number of nitrogens with one attached hydrogen (secondary N) is 2. The molecule has 3 aromatic rings. The van der Waals surface area contributed by atoms with Gasteiger partial charge < -0.3 is 24.7 Å². The molecule has 0 spiro atoms. The van der Waals surface area contributed by atoms with E-state index in [9.17, 15) is 32.8 Å². The molecule has 0 bridgehead atoms. The average molecular weight is 540 g/mol. The largest absolute Gasteiger partial charge is 0.524 e. The normalized spacial score (nSPS) is 11.4.